The zero-order chi connectivity index (χ0) is 18.4. The van der Waals surface area contributed by atoms with Crippen molar-refractivity contribution in [2.24, 2.45) is 0 Å². The molecular formula is C21H24N4O. The Bertz CT molecular complexity index is 837. The van der Waals surface area contributed by atoms with Crippen molar-refractivity contribution in [2.75, 3.05) is 18.0 Å². The highest BCUT2D eigenvalue weighted by Gasteiger charge is 2.07. The molecule has 5 nitrogen and oxygen atoms in total. The number of aromatic nitrogens is 2. The lowest BCUT2D eigenvalue weighted by Crippen LogP contribution is -2.24. The molecule has 0 aliphatic rings. The van der Waals surface area contributed by atoms with Crippen LogP contribution in [0.1, 0.15) is 29.8 Å². The van der Waals surface area contributed by atoms with E-state index in [1.807, 2.05) is 60.8 Å². The summed E-state index contributed by atoms with van der Waals surface area (Å²) in [5, 5.41) is 7.21. The Morgan fingerprint density at radius 1 is 1.08 bits per heavy atom. The number of benzene rings is 2. The molecule has 0 unspecified atom stereocenters. The fraction of sp³-hybridized carbons (Fsp3) is 0.238. The van der Waals surface area contributed by atoms with Gasteiger partial charge >= 0.3 is 0 Å². The Morgan fingerprint density at radius 3 is 2.50 bits per heavy atom. The molecule has 0 saturated carbocycles. The zero-order valence-electron chi connectivity index (χ0n) is 15.2. The van der Waals surface area contributed by atoms with Gasteiger partial charge in [-0.25, -0.2) is 4.68 Å². The minimum Gasteiger partial charge on any atom is -0.372 e. The molecule has 2 aromatic carbocycles. The highest BCUT2D eigenvalue weighted by atomic mass is 16.1. The molecule has 0 radical (unpaired) electrons. The maximum absolute atomic E-state index is 12.4. The minimum atomic E-state index is -0.0689. The average molecular weight is 348 g/mol. The molecule has 1 aromatic heterocycles. The van der Waals surface area contributed by atoms with Crippen molar-refractivity contribution < 1.29 is 4.79 Å². The summed E-state index contributed by atoms with van der Waals surface area (Å²) in [5.41, 5.74) is 3.82. The van der Waals surface area contributed by atoms with E-state index in [4.69, 9.17) is 0 Å². The van der Waals surface area contributed by atoms with E-state index in [1.165, 1.54) is 0 Å². The van der Waals surface area contributed by atoms with Gasteiger partial charge in [-0.2, -0.15) is 5.10 Å². The number of amides is 1. The quantitative estimate of drug-likeness (QED) is 0.709. The van der Waals surface area contributed by atoms with E-state index >= 15 is 0 Å². The second-order valence-electron chi connectivity index (χ2n) is 6.02. The molecule has 3 rings (SSSR count). The molecule has 0 spiro atoms. The van der Waals surface area contributed by atoms with Gasteiger partial charge in [0.2, 0.25) is 0 Å². The third kappa shape index (κ3) is 4.11. The fourth-order valence-electron chi connectivity index (χ4n) is 2.93. The van der Waals surface area contributed by atoms with Crippen molar-refractivity contribution in [3.8, 4) is 5.69 Å². The molecule has 3 aromatic rings. The second-order valence-corrected chi connectivity index (χ2v) is 6.02. The van der Waals surface area contributed by atoms with Gasteiger partial charge in [-0.15, -0.1) is 0 Å². The molecule has 0 bridgehead atoms. The molecule has 134 valence electrons. The van der Waals surface area contributed by atoms with Crippen LogP contribution >= 0.6 is 0 Å². The van der Waals surface area contributed by atoms with Gasteiger partial charge in [0.25, 0.3) is 5.91 Å². The standard InChI is InChI=1S/C21H24N4O/c1-3-24(4-2)19-11-9-18(10-12-19)21(26)22-16-17-7-5-8-20(15-17)25-14-6-13-23-25/h5-15H,3-4,16H2,1-2H3,(H,22,26). The van der Waals surface area contributed by atoms with Crippen LogP contribution in [0.2, 0.25) is 0 Å². The van der Waals surface area contributed by atoms with Crippen molar-refractivity contribution in [3.63, 3.8) is 0 Å². The van der Waals surface area contributed by atoms with Gasteiger partial charge in [0.1, 0.15) is 0 Å². The number of rotatable bonds is 7. The first-order chi connectivity index (χ1) is 12.7. The molecule has 0 saturated heterocycles. The van der Waals surface area contributed by atoms with Crippen molar-refractivity contribution >= 4 is 11.6 Å². The van der Waals surface area contributed by atoms with Crippen LogP contribution in [0.3, 0.4) is 0 Å². The number of carbonyl (C=O) groups excluding carboxylic acids is 1. The summed E-state index contributed by atoms with van der Waals surface area (Å²) in [6.07, 6.45) is 3.64. The molecule has 1 amide bonds. The third-order valence-corrected chi connectivity index (χ3v) is 4.39. The minimum absolute atomic E-state index is 0.0689. The maximum Gasteiger partial charge on any atom is 0.251 e. The normalized spacial score (nSPS) is 10.5. The van der Waals surface area contributed by atoms with Gasteiger partial charge in [-0.1, -0.05) is 12.1 Å². The van der Waals surface area contributed by atoms with E-state index in [0.717, 1.165) is 30.0 Å². The Balaban J connectivity index is 1.63. The number of hydrogen-bond donors (Lipinski definition) is 1. The Labute approximate surface area is 154 Å². The fourth-order valence-corrected chi connectivity index (χ4v) is 2.93. The van der Waals surface area contributed by atoms with Crippen LogP contribution in [-0.2, 0) is 6.54 Å². The highest BCUT2D eigenvalue weighted by molar-refractivity contribution is 5.94. The van der Waals surface area contributed by atoms with Crippen LogP contribution in [0.5, 0.6) is 0 Å². The topological polar surface area (TPSA) is 50.2 Å². The van der Waals surface area contributed by atoms with Crippen LogP contribution in [-0.4, -0.2) is 28.8 Å². The first-order valence-corrected chi connectivity index (χ1v) is 8.93. The van der Waals surface area contributed by atoms with Gasteiger partial charge in [-0.05, 0) is 61.9 Å². The lowest BCUT2D eigenvalue weighted by Gasteiger charge is -2.21. The summed E-state index contributed by atoms with van der Waals surface area (Å²) in [6, 6.07) is 17.6. The Hall–Kier alpha value is -3.08. The van der Waals surface area contributed by atoms with Crippen molar-refractivity contribution in [2.45, 2.75) is 20.4 Å². The van der Waals surface area contributed by atoms with Crippen LogP contribution in [0, 0.1) is 0 Å². The van der Waals surface area contributed by atoms with Gasteiger partial charge in [0.15, 0.2) is 0 Å². The second kappa shape index (κ2) is 8.34. The molecular weight excluding hydrogens is 324 g/mol. The summed E-state index contributed by atoms with van der Waals surface area (Å²) in [7, 11) is 0. The SMILES string of the molecule is CCN(CC)c1ccc(C(=O)NCc2cccc(-n3cccn3)c2)cc1. The van der Waals surface area contributed by atoms with E-state index in [1.54, 1.807) is 10.9 Å². The number of nitrogens with one attached hydrogen (secondary N) is 1. The van der Waals surface area contributed by atoms with E-state index in [-0.39, 0.29) is 5.91 Å². The molecule has 1 N–H and O–H groups in total. The van der Waals surface area contributed by atoms with Crippen molar-refractivity contribution in [1.82, 2.24) is 15.1 Å². The molecule has 5 heteroatoms. The van der Waals surface area contributed by atoms with E-state index in [2.05, 4.69) is 29.2 Å². The average Bonchev–Trinajstić information content (AvgIpc) is 3.23. The monoisotopic (exact) mass is 348 g/mol. The Morgan fingerprint density at radius 2 is 1.85 bits per heavy atom. The molecule has 0 aliphatic carbocycles. The number of nitrogens with zero attached hydrogens (tertiary/aromatic N) is 3. The van der Waals surface area contributed by atoms with Crippen LogP contribution in [0.25, 0.3) is 5.69 Å². The van der Waals surface area contributed by atoms with Crippen LogP contribution < -0.4 is 10.2 Å². The largest absolute Gasteiger partial charge is 0.372 e. The summed E-state index contributed by atoms with van der Waals surface area (Å²) >= 11 is 0. The summed E-state index contributed by atoms with van der Waals surface area (Å²) in [4.78, 5) is 14.7. The number of hydrogen-bond acceptors (Lipinski definition) is 3. The lowest BCUT2D eigenvalue weighted by atomic mass is 10.1. The lowest BCUT2D eigenvalue weighted by molar-refractivity contribution is 0.0951. The van der Waals surface area contributed by atoms with Gasteiger partial charge < -0.3 is 10.2 Å². The Kier molecular flexibility index (Phi) is 5.69. The predicted molar refractivity (Wildman–Crippen MR) is 105 cm³/mol. The first-order valence-electron chi connectivity index (χ1n) is 8.93. The summed E-state index contributed by atoms with van der Waals surface area (Å²) < 4.78 is 1.80. The van der Waals surface area contributed by atoms with E-state index < -0.39 is 0 Å². The third-order valence-electron chi connectivity index (χ3n) is 4.39. The smallest absolute Gasteiger partial charge is 0.251 e. The number of carbonyl (C=O) groups is 1. The van der Waals surface area contributed by atoms with Crippen LogP contribution in [0.4, 0.5) is 5.69 Å². The summed E-state index contributed by atoms with van der Waals surface area (Å²) in [5.74, 6) is -0.0689. The molecule has 0 fully saturated rings. The molecule has 0 aliphatic heterocycles. The van der Waals surface area contributed by atoms with Gasteiger partial charge in [-0.3, -0.25) is 4.79 Å². The van der Waals surface area contributed by atoms with Crippen molar-refractivity contribution in [3.05, 3.63) is 78.1 Å². The molecule has 1 heterocycles. The molecule has 0 atom stereocenters. The summed E-state index contributed by atoms with van der Waals surface area (Å²) in [6.45, 7) is 6.64. The maximum atomic E-state index is 12.4. The van der Waals surface area contributed by atoms with Gasteiger partial charge in [0, 0.05) is 43.3 Å². The van der Waals surface area contributed by atoms with E-state index in [9.17, 15) is 4.79 Å². The predicted octanol–water partition coefficient (Wildman–Crippen LogP) is 3.65. The van der Waals surface area contributed by atoms with Crippen LogP contribution in [0.15, 0.2) is 67.0 Å². The number of anilines is 1. The van der Waals surface area contributed by atoms with E-state index in [0.29, 0.717) is 12.1 Å². The molecule has 26 heavy (non-hydrogen) atoms. The van der Waals surface area contributed by atoms with Crippen molar-refractivity contribution in [1.29, 1.82) is 0 Å². The van der Waals surface area contributed by atoms with Gasteiger partial charge in [0.05, 0.1) is 5.69 Å². The zero-order valence-corrected chi connectivity index (χ0v) is 15.2. The highest BCUT2D eigenvalue weighted by Crippen LogP contribution is 2.15. The first kappa shape index (κ1) is 17.7.